The molecule has 2 aliphatic rings. The number of β-lactam (4-membered cyclic amide) rings is 1. The molecule has 11 heteroatoms. The summed E-state index contributed by atoms with van der Waals surface area (Å²) in [5.41, 5.74) is 7.02. The Kier molecular flexibility index (Phi) is 7.13. The highest BCUT2D eigenvalue weighted by Crippen LogP contribution is 2.45. The van der Waals surface area contributed by atoms with Gasteiger partial charge in [0.1, 0.15) is 17.1 Å². The number of carboxylic acids is 1. The number of nitrogens with two attached hydrogens (primary N) is 1. The summed E-state index contributed by atoms with van der Waals surface area (Å²) in [4.78, 5) is 40.1. The van der Waals surface area contributed by atoms with Crippen molar-refractivity contribution in [3.63, 3.8) is 0 Å². The second-order valence-electron chi connectivity index (χ2n) is 7.67. The smallest absolute Gasteiger partial charge is 0.353 e. The van der Waals surface area contributed by atoms with Crippen molar-refractivity contribution in [2.75, 3.05) is 5.75 Å². The van der Waals surface area contributed by atoms with Gasteiger partial charge in [-0.25, -0.2) is 4.79 Å². The van der Waals surface area contributed by atoms with Crippen molar-refractivity contribution in [2.24, 2.45) is 5.73 Å². The van der Waals surface area contributed by atoms with Gasteiger partial charge < -0.3 is 21.5 Å². The van der Waals surface area contributed by atoms with E-state index in [0.29, 0.717) is 17.2 Å². The number of hydrogen-bond acceptors (Lipinski definition) is 6. The summed E-state index contributed by atoms with van der Waals surface area (Å²) in [6, 6.07) is 15.9. The van der Waals surface area contributed by atoms with Crippen LogP contribution in [-0.2, 0) is 27.3 Å². The van der Waals surface area contributed by atoms with Crippen LogP contribution in [0.3, 0.4) is 0 Å². The number of amides is 2. The number of guanidine groups is 1. The number of thioether (sulfide) groups is 2. The fourth-order valence-electron chi connectivity index (χ4n) is 3.75. The van der Waals surface area contributed by atoms with Gasteiger partial charge in [-0.05, 0) is 17.2 Å². The molecule has 6 N–H and O–H groups in total. The number of hydrogen-bond donors (Lipinski definition) is 5. The lowest BCUT2D eigenvalue weighted by atomic mass is 10.0. The molecule has 0 aromatic heterocycles. The number of nitrogens with zero attached hydrogens (tertiary/aromatic N) is 1. The van der Waals surface area contributed by atoms with E-state index in [1.807, 2.05) is 54.6 Å². The van der Waals surface area contributed by atoms with Crippen LogP contribution in [0.5, 0.6) is 0 Å². The lowest BCUT2D eigenvalue weighted by molar-refractivity contribution is -0.150. The molecule has 0 saturated carbocycles. The minimum Gasteiger partial charge on any atom is -0.477 e. The van der Waals surface area contributed by atoms with Gasteiger partial charge in [0.25, 0.3) is 5.91 Å². The number of carboxylic acid groups (broad SMARTS) is 1. The first kappa shape index (κ1) is 23.7. The lowest BCUT2D eigenvalue weighted by Gasteiger charge is -2.49. The largest absolute Gasteiger partial charge is 0.477 e. The molecule has 0 unspecified atom stereocenters. The number of benzene rings is 2. The van der Waals surface area contributed by atoms with Crippen LogP contribution in [0, 0.1) is 5.41 Å². The zero-order valence-corrected chi connectivity index (χ0v) is 19.6. The van der Waals surface area contributed by atoms with Crippen molar-refractivity contribution in [3.8, 4) is 0 Å². The van der Waals surface area contributed by atoms with E-state index in [1.165, 1.54) is 28.4 Å². The van der Waals surface area contributed by atoms with Crippen LogP contribution in [0.15, 0.2) is 70.1 Å². The van der Waals surface area contributed by atoms with Crippen molar-refractivity contribution in [1.29, 1.82) is 5.41 Å². The number of carbonyl (C=O) groups excluding carboxylic acids is 2. The Balaban J connectivity index is 1.49. The molecule has 2 aromatic rings. The molecule has 2 aliphatic heterocycles. The van der Waals surface area contributed by atoms with Crippen molar-refractivity contribution >= 4 is 47.3 Å². The van der Waals surface area contributed by atoms with Gasteiger partial charge in [-0.3, -0.25) is 19.9 Å². The Morgan fingerprint density at radius 1 is 1.18 bits per heavy atom. The Hall–Kier alpha value is -3.44. The molecule has 1 fully saturated rings. The predicted octanol–water partition coefficient (Wildman–Crippen LogP) is 1.70. The summed E-state index contributed by atoms with van der Waals surface area (Å²) in [5, 5.41) is 22.3. The van der Waals surface area contributed by atoms with E-state index < -0.39 is 23.3 Å². The van der Waals surface area contributed by atoms with Crippen LogP contribution in [0.4, 0.5) is 0 Å². The van der Waals surface area contributed by atoms with Gasteiger partial charge in [0.05, 0.1) is 6.42 Å². The molecule has 2 aromatic carbocycles. The van der Waals surface area contributed by atoms with Crippen LogP contribution in [0.25, 0.3) is 0 Å². The summed E-state index contributed by atoms with van der Waals surface area (Å²) >= 11 is 2.71. The van der Waals surface area contributed by atoms with Gasteiger partial charge in [0, 0.05) is 22.1 Å². The summed E-state index contributed by atoms with van der Waals surface area (Å²) in [7, 11) is 0. The second-order valence-corrected chi connectivity index (χ2v) is 9.91. The molecule has 4 rings (SSSR count). The average Bonchev–Trinajstić information content (AvgIpc) is 2.82. The highest BCUT2D eigenvalue weighted by molar-refractivity contribution is 8.06. The zero-order valence-electron chi connectivity index (χ0n) is 18.0. The first-order chi connectivity index (χ1) is 16.3. The van der Waals surface area contributed by atoms with Crippen LogP contribution in [-0.4, -0.2) is 50.9 Å². The molecule has 2 atom stereocenters. The fourth-order valence-corrected chi connectivity index (χ4v) is 6.35. The molecule has 2 heterocycles. The van der Waals surface area contributed by atoms with Gasteiger partial charge in [0.15, 0.2) is 5.96 Å². The number of rotatable bonds is 8. The Bertz CT molecular complexity index is 1170. The van der Waals surface area contributed by atoms with E-state index in [0.717, 1.165) is 16.0 Å². The molecule has 176 valence electrons. The minimum atomic E-state index is -1.19. The van der Waals surface area contributed by atoms with E-state index in [1.54, 1.807) is 0 Å². The highest BCUT2D eigenvalue weighted by atomic mass is 32.2. The van der Waals surface area contributed by atoms with Crippen LogP contribution in [0.1, 0.15) is 11.1 Å². The predicted molar refractivity (Wildman–Crippen MR) is 131 cm³/mol. The van der Waals surface area contributed by atoms with E-state index in [2.05, 4.69) is 10.6 Å². The van der Waals surface area contributed by atoms with Gasteiger partial charge >= 0.3 is 5.97 Å². The van der Waals surface area contributed by atoms with E-state index >= 15 is 0 Å². The Morgan fingerprint density at radius 2 is 1.88 bits per heavy atom. The van der Waals surface area contributed by atoms with Crippen LogP contribution < -0.4 is 16.4 Å². The summed E-state index contributed by atoms with van der Waals surface area (Å²) in [6.45, 7) is 0.322. The topological polar surface area (TPSA) is 149 Å². The van der Waals surface area contributed by atoms with Crippen molar-refractivity contribution in [3.05, 3.63) is 76.3 Å². The summed E-state index contributed by atoms with van der Waals surface area (Å²) in [5.74, 6) is -1.67. The van der Waals surface area contributed by atoms with Gasteiger partial charge in [0.2, 0.25) is 5.91 Å². The molecular weight excluding hydrogens is 474 g/mol. The number of nitrogens with one attached hydrogen (secondary N) is 3. The monoisotopic (exact) mass is 497 g/mol. The zero-order chi connectivity index (χ0) is 24.2. The molecule has 9 nitrogen and oxygen atoms in total. The standard InChI is InChI=1S/C23H23N5O4S2/c24-23(25)26-11-14-8-4-5-9-15(14)34-16-12-33-21-18(20(30)28(21)19(16)22(31)32)27-17(29)10-13-6-2-1-3-7-13/h1-9,18,21H,10-12H2,(H,27,29)(H,31,32)(H4,24,25,26)/t18-,21-/m1/s1. The number of aliphatic carboxylic acids is 1. The van der Waals surface area contributed by atoms with Crippen LogP contribution >= 0.6 is 23.5 Å². The molecule has 0 bridgehead atoms. The molecule has 0 radical (unpaired) electrons. The molecular formula is C23H23N5O4S2. The van der Waals surface area contributed by atoms with Crippen molar-refractivity contribution in [2.45, 2.75) is 29.3 Å². The molecule has 34 heavy (non-hydrogen) atoms. The first-order valence-corrected chi connectivity index (χ1v) is 12.3. The molecule has 0 spiro atoms. The average molecular weight is 498 g/mol. The van der Waals surface area contributed by atoms with Gasteiger partial charge in [-0.1, -0.05) is 60.3 Å². The maximum Gasteiger partial charge on any atom is 0.353 e. The number of carbonyl (C=O) groups is 3. The third kappa shape index (κ3) is 5.05. The van der Waals surface area contributed by atoms with E-state index in [-0.39, 0.29) is 24.0 Å². The second kappa shape index (κ2) is 10.2. The minimum absolute atomic E-state index is 0.0540. The molecule has 2 amide bonds. The van der Waals surface area contributed by atoms with E-state index in [4.69, 9.17) is 11.1 Å². The third-order valence-electron chi connectivity index (χ3n) is 5.33. The summed E-state index contributed by atoms with van der Waals surface area (Å²) < 4.78 is 0. The van der Waals surface area contributed by atoms with Crippen molar-refractivity contribution in [1.82, 2.24) is 15.5 Å². The first-order valence-electron chi connectivity index (χ1n) is 10.4. The Labute approximate surface area is 204 Å². The third-order valence-corrected chi connectivity index (χ3v) is 8.00. The SMILES string of the molecule is N=C(N)NCc1ccccc1SC1=C(C(=O)O)N2C(=O)[C@@H](NC(=O)Cc3ccccc3)[C@H]2SC1. The maximum absolute atomic E-state index is 12.9. The van der Waals surface area contributed by atoms with E-state index in [9.17, 15) is 19.5 Å². The maximum atomic E-state index is 12.9. The number of fused-ring (bicyclic) bond motifs is 1. The quantitative estimate of drug-likeness (QED) is 0.210. The van der Waals surface area contributed by atoms with Gasteiger partial charge in [-0.15, -0.1) is 11.8 Å². The normalized spacial score (nSPS) is 19.2. The highest BCUT2D eigenvalue weighted by Gasteiger charge is 2.54. The lowest BCUT2D eigenvalue weighted by Crippen LogP contribution is -2.70. The fraction of sp³-hybridized carbons (Fsp3) is 0.217. The van der Waals surface area contributed by atoms with Gasteiger partial charge in [-0.2, -0.15) is 0 Å². The van der Waals surface area contributed by atoms with Crippen molar-refractivity contribution < 1.29 is 19.5 Å². The molecule has 1 saturated heterocycles. The molecule has 0 aliphatic carbocycles. The van der Waals surface area contributed by atoms with Crippen LogP contribution in [0.2, 0.25) is 0 Å². The summed E-state index contributed by atoms with van der Waals surface area (Å²) in [6.07, 6.45) is 0.149. The Morgan fingerprint density at radius 3 is 2.59 bits per heavy atom.